The van der Waals surface area contributed by atoms with Crippen LogP contribution in [0.2, 0.25) is 0 Å². The van der Waals surface area contributed by atoms with E-state index in [1.54, 1.807) is 20.8 Å². The van der Waals surface area contributed by atoms with E-state index in [-0.39, 0.29) is 4.69 Å². The molecule has 1 N–H and O–H groups in total. The van der Waals surface area contributed by atoms with Gasteiger partial charge in [-0.05, 0) is 43.1 Å². The summed E-state index contributed by atoms with van der Waals surface area (Å²) >= 11 is 5.96. The molecule has 0 aromatic carbocycles. The molecule has 0 rings (SSSR count). The molecule has 3 nitrogen and oxygen atoms in total. The van der Waals surface area contributed by atoms with E-state index in [2.05, 4.69) is 37.0 Å². The smallest absolute Gasteiger partial charge is 0.213 e. The Morgan fingerprint density at radius 2 is 1.85 bits per heavy atom. The van der Waals surface area contributed by atoms with Gasteiger partial charge in [-0.25, -0.2) is 0 Å². The highest BCUT2D eigenvalue weighted by Crippen LogP contribution is 2.19. The Bertz CT molecular complexity index is 185. The quantitative estimate of drug-likeness (QED) is 0.279. The number of rotatable bonds is 2. The predicted molar refractivity (Wildman–Crippen MR) is 62.1 cm³/mol. The lowest BCUT2D eigenvalue weighted by molar-refractivity contribution is -0.111. The zero-order valence-corrected chi connectivity index (χ0v) is 11.4. The van der Waals surface area contributed by atoms with Crippen molar-refractivity contribution in [1.29, 1.82) is 0 Å². The maximum absolute atomic E-state index is 10.3. The van der Waals surface area contributed by atoms with Crippen LogP contribution >= 0.6 is 31.9 Å². The molecule has 0 bridgehead atoms. The van der Waals surface area contributed by atoms with Crippen LogP contribution in [0.1, 0.15) is 34.1 Å². The maximum atomic E-state index is 10.3. The Hall–Kier alpha value is 0.1000. The number of nitrogens with zero attached hydrogens (tertiary/aromatic N) is 1. The Kier molecular flexibility index (Phi) is 8.98. The fraction of sp³-hybridized carbons (Fsp3) is 0.750. The van der Waals surface area contributed by atoms with Crippen LogP contribution in [0.4, 0.5) is 0 Å². The van der Waals surface area contributed by atoms with Crippen LogP contribution in [0.25, 0.3) is 0 Å². The van der Waals surface area contributed by atoms with Gasteiger partial charge in [-0.15, -0.1) is 0 Å². The van der Waals surface area contributed by atoms with E-state index >= 15 is 0 Å². The lowest BCUT2D eigenvalue weighted by Gasteiger charge is -2.06. The molecule has 0 aliphatic carbocycles. The van der Waals surface area contributed by atoms with Crippen LogP contribution in [0.5, 0.6) is 0 Å². The van der Waals surface area contributed by atoms with Gasteiger partial charge in [0.1, 0.15) is 0 Å². The van der Waals surface area contributed by atoms with Crippen molar-refractivity contribution in [3.63, 3.8) is 0 Å². The molecule has 0 fully saturated rings. The highest BCUT2D eigenvalue weighted by atomic mass is 79.9. The van der Waals surface area contributed by atoms with Gasteiger partial charge in [0.15, 0.2) is 0 Å². The Balaban J connectivity index is 0. The summed E-state index contributed by atoms with van der Waals surface area (Å²) in [7, 11) is 0. The number of halogens is 2. The molecular formula is C8H15Br2NO2. The average molecular weight is 317 g/mol. The fourth-order valence-electron chi connectivity index (χ4n) is 0.0707. The monoisotopic (exact) mass is 315 g/mol. The largest absolute Gasteiger partial charge is 0.411 e. The van der Waals surface area contributed by atoms with Crippen LogP contribution in [-0.4, -0.2) is 19.9 Å². The van der Waals surface area contributed by atoms with E-state index in [0.717, 1.165) is 12.1 Å². The van der Waals surface area contributed by atoms with E-state index in [1.807, 2.05) is 6.92 Å². The minimum Gasteiger partial charge on any atom is -0.411 e. The number of alkyl halides is 1. The van der Waals surface area contributed by atoms with Gasteiger partial charge in [-0.2, -0.15) is 0 Å². The number of carbonyl (C=O) groups is 1. The second-order valence-electron chi connectivity index (χ2n) is 2.93. The number of hydrogen-bond donors (Lipinski definition) is 1. The molecule has 0 aliphatic heterocycles. The molecule has 0 heterocycles. The molecular weight excluding hydrogens is 302 g/mol. The molecule has 0 aliphatic rings. The Labute approximate surface area is 95.8 Å². The summed E-state index contributed by atoms with van der Waals surface area (Å²) < 4.78 is -0.437. The van der Waals surface area contributed by atoms with Crippen molar-refractivity contribution in [1.82, 2.24) is 0 Å². The number of oxime groups is 1. The molecule has 13 heavy (non-hydrogen) atoms. The fourth-order valence-corrected chi connectivity index (χ4v) is 0.0707. The normalized spacial score (nSPS) is 11.7. The molecule has 0 amide bonds. The van der Waals surface area contributed by atoms with Gasteiger partial charge in [0.2, 0.25) is 4.69 Å². The van der Waals surface area contributed by atoms with Crippen LogP contribution in [-0.2, 0) is 4.79 Å². The van der Waals surface area contributed by atoms with Crippen molar-refractivity contribution < 1.29 is 10.0 Å². The molecule has 0 atom stereocenters. The van der Waals surface area contributed by atoms with Crippen molar-refractivity contribution >= 4 is 42.3 Å². The summed E-state index contributed by atoms with van der Waals surface area (Å²) in [5.41, 5.74) is 0.773. The molecule has 0 saturated carbocycles. The molecule has 0 saturated heterocycles. The summed E-state index contributed by atoms with van der Waals surface area (Å²) in [5, 5.41) is 10.8. The molecule has 5 heteroatoms. The van der Waals surface area contributed by atoms with Crippen LogP contribution < -0.4 is 0 Å². The van der Waals surface area contributed by atoms with Gasteiger partial charge in [-0.1, -0.05) is 28.0 Å². The third-order valence-corrected chi connectivity index (χ3v) is 3.03. The van der Waals surface area contributed by atoms with Crippen molar-refractivity contribution in [2.24, 2.45) is 5.16 Å². The summed E-state index contributed by atoms with van der Waals surface area (Å²) in [6, 6.07) is 0. The van der Waals surface area contributed by atoms with E-state index in [1.165, 1.54) is 0 Å². The molecule has 0 unspecified atom stereocenters. The number of hydrogen-bond acceptors (Lipinski definition) is 3. The summed E-state index contributed by atoms with van der Waals surface area (Å²) in [5.74, 6) is 0. The van der Waals surface area contributed by atoms with Gasteiger partial charge in [-0.3, -0.25) is 4.79 Å². The summed E-state index contributed by atoms with van der Waals surface area (Å²) in [4.78, 5) is 10.3. The lowest BCUT2D eigenvalue weighted by Crippen LogP contribution is -2.17. The van der Waals surface area contributed by atoms with Gasteiger partial charge in [0.05, 0.1) is 10.0 Å². The van der Waals surface area contributed by atoms with E-state index in [4.69, 9.17) is 5.21 Å². The van der Waals surface area contributed by atoms with Crippen molar-refractivity contribution in [3.8, 4) is 0 Å². The van der Waals surface area contributed by atoms with Crippen molar-refractivity contribution in [2.45, 2.75) is 38.4 Å². The first kappa shape index (κ1) is 15.6. The van der Waals surface area contributed by atoms with Gasteiger partial charge in [0, 0.05) is 0 Å². The molecule has 78 valence electrons. The van der Waals surface area contributed by atoms with Gasteiger partial charge in [0.25, 0.3) is 0 Å². The minimum atomic E-state index is -0.410. The second-order valence-corrected chi connectivity index (χ2v) is 5.64. The minimum absolute atomic E-state index is 0.0278. The highest BCUT2D eigenvalue weighted by Gasteiger charge is 2.19. The molecule has 0 aromatic heterocycles. The molecule has 0 aromatic rings. The topological polar surface area (TPSA) is 49.7 Å². The summed E-state index contributed by atoms with van der Waals surface area (Å²) in [6.07, 6.45) is 0.830. The van der Waals surface area contributed by atoms with Crippen LogP contribution in [0, 0.1) is 0 Å². The van der Waals surface area contributed by atoms with Crippen molar-refractivity contribution in [2.75, 3.05) is 0 Å². The first-order chi connectivity index (χ1) is 5.75. The van der Waals surface area contributed by atoms with E-state index < -0.39 is 4.32 Å². The van der Waals surface area contributed by atoms with Crippen molar-refractivity contribution in [3.05, 3.63) is 0 Å². The Morgan fingerprint density at radius 3 is 1.85 bits per heavy atom. The van der Waals surface area contributed by atoms with E-state index in [0.29, 0.717) is 0 Å². The van der Waals surface area contributed by atoms with Crippen LogP contribution in [0.3, 0.4) is 0 Å². The standard InChI is InChI=1S/C4H6Br2O.C4H9NO/c1-4(2,6)3(5)7;1-3-4(2)5-6/h1-2H3;6H,3H2,1-2H3. The Morgan fingerprint density at radius 1 is 1.54 bits per heavy atom. The SMILES string of the molecule is CC(C)(Br)C(=O)Br.CCC(C)=NO. The second kappa shape index (κ2) is 7.50. The predicted octanol–water partition coefficient (Wildman–Crippen LogP) is 3.33. The lowest BCUT2D eigenvalue weighted by atomic mass is 10.3. The third-order valence-electron chi connectivity index (χ3n) is 1.15. The first-order valence-electron chi connectivity index (χ1n) is 3.82. The third kappa shape index (κ3) is 12.1. The maximum Gasteiger partial charge on any atom is 0.213 e. The highest BCUT2D eigenvalue weighted by molar-refractivity contribution is 9.20. The molecule has 0 spiro atoms. The van der Waals surface area contributed by atoms with Crippen LogP contribution in [0.15, 0.2) is 5.16 Å². The van der Waals surface area contributed by atoms with Gasteiger partial charge < -0.3 is 5.21 Å². The first-order valence-corrected chi connectivity index (χ1v) is 5.40. The van der Waals surface area contributed by atoms with E-state index in [9.17, 15) is 4.79 Å². The zero-order chi connectivity index (χ0) is 11.1. The molecule has 0 radical (unpaired) electrons. The summed E-state index contributed by atoms with van der Waals surface area (Å²) in [6.45, 7) is 7.28. The van der Waals surface area contributed by atoms with Gasteiger partial charge >= 0.3 is 0 Å². The zero-order valence-electron chi connectivity index (χ0n) is 8.27. The number of carbonyl (C=O) groups excluding carboxylic acids is 1. The average Bonchev–Trinajstić information content (AvgIpc) is 2.02.